The lowest BCUT2D eigenvalue weighted by Crippen LogP contribution is -2.25. The molecule has 8 heteroatoms. The molecule has 37 heavy (non-hydrogen) atoms. The fraction of sp³-hybridized carbons (Fsp3) is 0.0690. The molecule has 0 radical (unpaired) electrons. The maximum absolute atomic E-state index is 13.6. The molecule has 5 aromatic rings. The van der Waals surface area contributed by atoms with Crippen LogP contribution in [-0.2, 0) is 0 Å². The Morgan fingerprint density at radius 3 is 2.38 bits per heavy atom. The molecule has 4 aromatic carbocycles. The van der Waals surface area contributed by atoms with E-state index >= 15 is 0 Å². The quantitative estimate of drug-likeness (QED) is 0.140. The summed E-state index contributed by atoms with van der Waals surface area (Å²) in [6, 6.07) is 29.8. The van der Waals surface area contributed by atoms with Crippen LogP contribution >= 0.6 is 27.3 Å². The number of para-hydroxylation sites is 1. The summed E-state index contributed by atoms with van der Waals surface area (Å²) in [7, 11) is 0. The molecule has 1 aromatic heterocycles. The van der Waals surface area contributed by atoms with E-state index in [2.05, 4.69) is 26.0 Å². The first-order valence-electron chi connectivity index (χ1n) is 11.6. The Balaban J connectivity index is 1.44. The molecule has 0 fully saturated rings. The third-order valence-corrected chi connectivity index (χ3v) is 6.79. The van der Waals surface area contributed by atoms with E-state index in [0.29, 0.717) is 23.1 Å². The Morgan fingerprint density at radius 2 is 1.65 bits per heavy atom. The molecule has 0 aliphatic heterocycles. The molecule has 0 unspecified atom stereocenters. The second kappa shape index (κ2) is 11.4. The zero-order chi connectivity index (χ0) is 25.6. The number of fused-ring (bicyclic) bond motifs is 1. The van der Waals surface area contributed by atoms with E-state index in [1.165, 1.54) is 16.3 Å². The van der Waals surface area contributed by atoms with E-state index in [9.17, 15) is 4.79 Å². The molecule has 1 heterocycles. The highest BCUT2D eigenvalue weighted by Crippen LogP contribution is 2.32. The van der Waals surface area contributed by atoms with E-state index in [1.54, 1.807) is 30.5 Å². The number of amides is 1. The molecular weight excluding hydrogens is 550 g/mol. The van der Waals surface area contributed by atoms with E-state index in [-0.39, 0.29) is 5.91 Å². The Morgan fingerprint density at radius 1 is 0.946 bits per heavy atom. The van der Waals surface area contributed by atoms with Gasteiger partial charge in [-0.2, -0.15) is 10.1 Å². The minimum Gasteiger partial charge on any atom is -0.494 e. The molecule has 5 rings (SSSR count). The third-order valence-electron chi connectivity index (χ3n) is 5.31. The number of nitrogens with zero attached hydrogens (tertiary/aromatic N) is 3. The third kappa shape index (κ3) is 6.04. The number of halogens is 1. The molecule has 0 bridgehead atoms. The van der Waals surface area contributed by atoms with Crippen LogP contribution in [0.1, 0.15) is 22.8 Å². The summed E-state index contributed by atoms with van der Waals surface area (Å²) in [5.41, 5.74) is 2.09. The summed E-state index contributed by atoms with van der Waals surface area (Å²) in [6.45, 7) is 2.54. The number of hydrogen-bond donors (Lipinski definition) is 0. The fourth-order valence-electron chi connectivity index (χ4n) is 3.52. The Hall–Kier alpha value is -4.01. The van der Waals surface area contributed by atoms with Gasteiger partial charge in [-0.1, -0.05) is 45.5 Å². The van der Waals surface area contributed by atoms with Crippen molar-refractivity contribution in [3.63, 3.8) is 0 Å². The van der Waals surface area contributed by atoms with Gasteiger partial charge in [0.25, 0.3) is 5.91 Å². The van der Waals surface area contributed by atoms with Crippen molar-refractivity contribution in [3.8, 4) is 17.2 Å². The lowest BCUT2D eigenvalue weighted by Gasteiger charge is -2.14. The van der Waals surface area contributed by atoms with E-state index in [1.807, 2.05) is 79.7 Å². The van der Waals surface area contributed by atoms with Gasteiger partial charge in [0.15, 0.2) is 0 Å². The van der Waals surface area contributed by atoms with E-state index in [4.69, 9.17) is 9.47 Å². The van der Waals surface area contributed by atoms with Gasteiger partial charge >= 0.3 is 0 Å². The molecule has 0 aliphatic carbocycles. The minimum absolute atomic E-state index is 0.299. The van der Waals surface area contributed by atoms with Crippen LogP contribution in [0.15, 0.2) is 107 Å². The van der Waals surface area contributed by atoms with Crippen molar-refractivity contribution in [2.24, 2.45) is 5.10 Å². The number of carbonyl (C=O) groups is 1. The van der Waals surface area contributed by atoms with Gasteiger partial charge in [-0.25, -0.2) is 4.98 Å². The zero-order valence-electron chi connectivity index (χ0n) is 19.9. The molecule has 0 saturated heterocycles. The molecule has 0 spiro atoms. The average molecular weight is 572 g/mol. The number of thiazole rings is 1. The fourth-order valence-corrected chi connectivity index (χ4v) is 4.99. The number of benzene rings is 4. The van der Waals surface area contributed by atoms with Gasteiger partial charge in [0.1, 0.15) is 17.2 Å². The van der Waals surface area contributed by atoms with Crippen molar-refractivity contribution in [2.45, 2.75) is 6.92 Å². The van der Waals surface area contributed by atoms with Crippen LogP contribution in [0, 0.1) is 0 Å². The van der Waals surface area contributed by atoms with Crippen molar-refractivity contribution in [2.75, 3.05) is 11.6 Å². The highest BCUT2D eigenvalue weighted by Gasteiger charge is 2.21. The molecule has 0 aliphatic rings. The Kier molecular flexibility index (Phi) is 7.58. The largest absolute Gasteiger partial charge is 0.494 e. The normalized spacial score (nSPS) is 11.1. The Bertz CT molecular complexity index is 1540. The standard InChI is InChI=1S/C29H22BrN3O3S/c1-2-35-23-13-8-20(9-14-23)19-31-33(29-32-26-17-12-22(30)18-27(26)37-29)28(34)21-10-15-25(16-11-21)36-24-6-4-3-5-7-24/h3-19H,2H2,1H3/b31-19+. The average Bonchev–Trinajstić information content (AvgIpc) is 3.33. The zero-order valence-corrected chi connectivity index (χ0v) is 22.3. The minimum atomic E-state index is -0.299. The highest BCUT2D eigenvalue weighted by molar-refractivity contribution is 9.10. The smallest absolute Gasteiger partial charge is 0.280 e. The van der Waals surface area contributed by atoms with Crippen LogP contribution < -0.4 is 14.5 Å². The molecule has 0 N–H and O–H groups in total. The van der Waals surface area contributed by atoms with E-state index < -0.39 is 0 Å². The summed E-state index contributed by atoms with van der Waals surface area (Å²) < 4.78 is 13.3. The molecule has 6 nitrogen and oxygen atoms in total. The van der Waals surface area contributed by atoms with Gasteiger partial charge in [-0.3, -0.25) is 4.79 Å². The molecule has 1 amide bonds. The second-order valence-corrected chi connectivity index (χ2v) is 9.84. The summed E-state index contributed by atoms with van der Waals surface area (Å²) in [5.74, 6) is 1.84. The monoisotopic (exact) mass is 571 g/mol. The van der Waals surface area contributed by atoms with Crippen molar-refractivity contribution >= 4 is 54.7 Å². The van der Waals surface area contributed by atoms with Crippen LogP contribution in [-0.4, -0.2) is 23.7 Å². The number of hydrazone groups is 1. The van der Waals surface area contributed by atoms with Crippen molar-refractivity contribution in [1.29, 1.82) is 0 Å². The SMILES string of the molecule is CCOc1ccc(/C=N/N(C(=O)c2ccc(Oc3ccccc3)cc2)c2nc3ccc(Br)cc3s2)cc1. The van der Waals surface area contributed by atoms with Gasteiger partial charge in [-0.15, -0.1) is 0 Å². The van der Waals surface area contributed by atoms with E-state index in [0.717, 1.165) is 31.8 Å². The van der Waals surface area contributed by atoms with Crippen LogP contribution in [0.5, 0.6) is 17.2 Å². The first-order valence-corrected chi connectivity index (χ1v) is 13.2. The van der Waals surface area contributed by atoms with Gasteiger partial charge in [0.2, 0.25) is 5.13 Å². The molecular formula is C29H22BrN3O3S. The predicted octanol–water partition coefficient (Wildman–Crippen LogP) is 7.93. The number of ether oxygens (including phenoxy) is 2. The van der Waals surface area contributed by atoms with Gasteiger partial charge in [-0.05, 0) is 91.3 Å². The van der Waals surface area contributed by atoms with Gasteiger partial charge < -0.3 is 9.47 Å². The number of anilines is 1. The van der Waals surface area contributed by atoms with Gasteiger partial charge in [0, 0.05) is 10.0 Å². The maximum Gasteiger partial charge on any atom is 0.280 e. The molecule has 184 valence electrons. The number of rotatable bonds is 8. The molecule has 0 atom stereocenters. The van der Waals surface area contributed by atoms with Crippen LogP contribution in [0.3, 0.4) is 0 Å². The lowest BCUT2D eigenvalue weighted by atomic mass is 10.2. The number of hydrogen-bond acceptors (Lipinski definition) is 6. The maximum atomic E-state index is 13.6. The van der Waals surface area contributed by atoms with Crippen molar-refractivity contribution < 1.29 is 14.3 Å². The summed E-state index contributed by atoms with van der Waals surface area (Å²) in [6.07, 6.45) is 1.64. The lowest BCUT2D eigenvalue weighted by molar-refractivity contribution is 0.0988. The summed E-state index contributed by atoms with van der Waals surface area (Å²) in [4.78, 5) is 18.3. The van der Waals surface area contributed by atoms with Crippen LogP contribution in [0.2, 0.25) is 0 Å². The van der Waals surface area contributed by atoms with Crippen LogP contribution in [0.4, 0.5) is 5.13 Å². The Labute approximate surface area is 226 Å². The first-order chi connectivity index (χ1) is 18.1. The second-order valence-electron chi connectivity index (χ2n) is 7.91. The van der Waals surface area contributed by atoms with Crippen molar-refractivity contribution in [1.82, 2.24) is 4.98 Å². The van der Waals surface area contributed by atoms with Crippen molar-refractivity contribution in [3.05, 3.63) is 113 Å². The van der Waals surface area contributed by atoms with Crippen LogP contribution in [0.25, 0.3) is 10.2 Å². The summed E-state index contributed by atoms with van der Waals surface area (Å²) >= 11 is 4.90. The highest BCUT2D eigenvalue weighted by atomic mass is 79.9. The topological polar surface area (TPSA) is 64.0 Å². The molecule has 0 saturated carbocycles. The number of carbonyl (C=O) groups excluding carboxylic acids is 1. The van der Waals surface area contributed by atoms with Gasteiger partial charge in [0.05, 0.1) is 23.0 Å². The number of aromatic nitrogens is 1. The predicted molar refractivity (Wildman–Crippen MR) is 152 cm³/mol. The first kappa shape index (κ1) is 24.7. The summed E-state index contributed by atoms with van der Waals surface area (Å²) in [5, 5.41) is 6.36.